The van der Waals surface area contributed by atoms with Gasteiger partial charge in [0.05, 0.1) is 16.3 Å². The van der Waals surface area contributed by atoms with E-state index in [0.717, 1.165) is 4.47 Å². The summed E-state index contributed by atoms with van der Waals surface area (Å²) in [5, 5.41) is 0. The van der Waals surface area contributed by atoms with Crippen molar-refractivity contribution in [3.8, 4) is 0 Å². The van der Waals surface area contributed by atoms with Crippen LogP contribution in [0.2, 0.25) is 0 Å². The minimum absolute atomic E-state index is 0.0516. The van der Waals surface area contributed by atoms with Crippen molar-refractivity contribution >= 4 is 53.1 Å². The van der Waals surface area contributed by atoms with Crippen LogP contribution < -0.4 is 11.5 Å². The molecule has 0 aliphatic carbocycles. The van der Waals surface area contributed by atoms with E-state index in [1.807, 2.05) is 0 Å². The van der Waals surface area contributed by atoms with Crippen molar-refractivity contribution in [2.24, 2.45) is 0 Å². The Bertz CT molecular complexity index is 725. The highest BCUT2D eigenvalue weighted by molar-refractivity contribution is 9.13. The Kier molecular flexibility index (Phi) is 3.89. The molecule has 2 rings (SSSR count). The molecule has 7 heteroatoms. The predicted octanol–water partition coefficient (Wildman–Crippen LogP) is 3.21. The third-order valence-electron chi connectivity index (χ3n) is 2.55. The van der Waals surface area contributed by atoms with E-state index in [4.69, 9.17) is 11.5 Å². The zero-order valence-corrected chi connectivity index (χ0v) is 13.6. The minimum atomic E-state index is -3.74. The molecule has 2 aromatic rings. The summed E-state index contributed by atoms with van der Waals surface area (Å²) in [7, 11) is -3.74. The Morgan fingerprint density at radius 3 is 2.00 bits per heavy atom. The van der Waals surface area contributed by atoms with Crippen LogP contribution in [0.15, 0.2) is 55.1 Å². The van der Waals surface area contributed by atoms with Gasteiger partial charge in [-0.25, -0.2) is 8.42 Å². The smallest absolute Gasteiger partial charge is 0.210 e. The van der Waals surface area contributed by atoms with Crippen LogP contribution in [0.3, 0.4) is 0 Å². The van der Waals surface area contributed by atoms with Gasteiger partial charge in [-0.3, -0.25) is 0 Å². The molecule has 0 aromatic heterocycles. The fourth-order valence-electron chi connectivity index (χ4n) is 1.65. The molecular formula is C12H10Br2N2O2S. The molecule has 0 amide bonds. The van der Waals surface area contributed by atoms with E-state index in [1.165, 1.54) is 24.3 Å². The molecular weight excluding hydrogens is 396 g/mol. The van der Waals surface area contributed by atoms with Crippen LogP contribution in [0.1, 0.15) is 0 Å². The van der Waals surface area contributed by atoms with Crippen LogP contribution >= 0.6 is 31.9 Å². The molecule has 0 aliphatic rings. The standard InChI is InChI=1S/C12H10Br2N2O2S/c13-8-5-4-7(6-9(8)14)19(17,18)12-10(15)2-1-3-11(12)16/h1-6H,15-16H2. The predicted molar refractivity (Wildman–Crippen MR) is 82.6 cm³/mol. The number of rotatable bonds is 2. The summed E-state index contributed by atoms with van der Waals surface area (Å²) in [4.78, 5) is 0.0800. The zero-order chi connectivity index (χ0) is 14.2. The van der Waals surface area contributed by atoms with E-state index in [-0.39, 0.29) is 21.2 Å². The number of hydrogen-bond donors (Lipinski definition) is 2. The van der Waals surface area contributed by atoms with E-state index in [2.05, 4.69) is 31.9 Å². The molecule has 0 saturated carbocycles. The maximum atomic E-state index is 12.5. The zero-order valence-electron chi connectivity index (χ0n) is 9.60. The first kappa shape index (κ1) is 14.4. The molecule has 0 atom stereocenters. The lowest BCUT2D eigenvalue weighted by Crippen LogP contribution is -2.09. The molecule has 19 heavy (non-hydrogen) atoms. The molecule has 0 saturated heterocycles. The first-order valence-corrected chi connectivity index (χ1v) is 8.25. The van der Waals surface area contributed by atoms with Crippen molar-refractivity contribution in [3.63, 3.8) is 0 Å². The average Bonchev–Trinajstić information content (AvgIpc) is 2.32. The lowest BCUT2D eigenvalue weighted by Gasteiger charge is -2.11. The second kappa shape index (κ2) is 5.15. The van der Waals surface area contributed by atoms with Gasteiger partial charge in [0.1, 0.15) is 4.90 Å². The van der Waals surface area contributed by atoms with Crippen molar-refractivity contribution < 1.29 is 8.42 Å². The highest BCUT2D eigenvalue weighted by Gasteiger charge is 2.23. The number of nitrogens with two attached hydrogens (primary N) is 2. The largest absolute Gasteiger partial charge is 0.398 e. The van der Waals surface area contributed by atoms with Crippen molar-refractivity contribution in [2.45, 2.75) is 9.79 Å². The Morgan fingerprint density at radius 2 is 1.47 bits per heavy atom. The van der Waals surface area contributed by atoms with Crippen molar-refractivity contribution in [1.29, 1.82) is 0 Å². The minimum Gasteiger partial charge on any atom is -0.398 e. The van der Waals surface area contributed by atoms with Gasteiger partial charge in [-0.15, -0.1) is 0 Å². The van der Waals surface area contributed by atoms with Gasteiger partial charge in [-0.1, -0.05) is 6.07 Å². The highest BCUT2D eigenvalue weighted by atomic mass is 79.9. The summed E-state index contributed by atoms with van der Waals surface area (Å²) in [5.41, 5.74) is 11.7. The summed E-state index contributed by atoms with van der Waals surface area (Å²) in [6, 6.07) is 9.28. The number of halogens is 2. The summed E-state index contributed by atoms with van der Waals surface area (Å²) in [5.74, 6) is 0. The number of nitrogen functional groups attached to an aromatic ring is 2. The van der Waals surface area contributed by atoms with Crippen LogP contribution in [0.25, 0.3) is 0 Å². The Morgan fingerprint density at radius 1 is 0.895 bits per heavy atom. The number of anilines is 2. The van der Waals surface area contributed by atoms with Gasteiger partial charge in [0.25, 0.3) is 0 Å². The van der Waals surface area contributed by atoms with Crippen molar-refractivity contribution in [2.75, 3.05) is 11.5 Å². The van der Waals surface area contributed by atoms with Gasteiger partial charge in [-0.2, -0.15) is 0 Å². The Balaban J connectivity index is 2.69. The first-order valence-electron chi connectivity index (χ1n) is 5.18. The number of sulfone groups is 1. The molecule has 4 N–H and O–H groups in total. The van der Waals surface area contributed by atoms with Gasteiger partial charge < -0.3 is 11.5 Å². The maximum absolute atomic E-state index is 12.5. The Labute approximate surface area is 128 Å². The van der Waals surface area contributed by atoms with Crippen LogP contribution in [-0.2, 0) is 9.84 Å². The average molecular weight is 406 g/mol. The molecule has 0 heterocycles. The van der Waals surface area contributed by atoms with Gasteiger partial charge in [0.2, 0.25) is 9.84 Å². The SMILES string of the molecule is Nc1cccc(N)c1S(=O)(=O)c1ccc(Br)c(Br)c1. The fraction of sp³-hybridized carbons (Fsp3) is 0. The van der Waals surface area contributed by atoms with Gasteiger partial charge in [0.15, 0.2) is 0 Å². The first-order chi connectivity index (χ1) is 8.84. The van der Waals surface area contributed by atoms with Gasteiger partial charge in [-0.05, 0) is 62.2 Å². The number of benzene rings is 2. The van der Waals surface area contributed by atoms with E-state index < -0.39 is 9.84 Å². The molecule has 2 aromatic carbocycles. The molecule has 100 valence electrons. The monoisotopic (exact) mass is 404 g/mol. The fourth-order valence-corrected chi connectivity index (χ4v) is 3.94. The van der Waals surface area contributed by atoms with Crippen molar-refractivity contribution in [1.82, 2.24) is 0 Å². The summed E-state index contributed by atoms with van der Waals surface area (Å²) < 4.78 is 26.5. The summed E-state index contributed by atoms with van der Waals surface area (Å²) in [6.07, 6.45) is 0. The van der Waals surface area contributed by atoms with Crippen LogP contribution in [0.4, 0.5) is 11.4 Å². The molecule has 0 unspecified atom stereocenters. The third-order valence-corrected chi connectivity index (χ3v) is 6.31. The van der Waals surface area contributed by atoms with E-state index >= 15 is 0 Å². The lowest BCUT2D eigenvalue weighted by atomic mass is 10.3. The molecule has 0 aliphatic heterocycles. The Hall–Kier alpha value is -1.05. The highest BCUT2D eigenvalue weighted by Crippen LogP contribution is 2.33. The lowest BCUT2D eigenvalue weighted by molar-refractivity contribution is 0.597. The second-order valence-corrected chi connectivity index (χ2v) is 7.44. The molecule has 4 nitrogen and oxygen atoms in total. The van der Waals surface area contributed by atoms with Gasteiger partial charge >= 0.3 is 0 Å². The van der Waals surface area contributed by atoms with E-state index in [9.17, 15) is 8.42 Å². The van der Waals surface area contributed by atoms with Crippen molar-refractivity contribution in [3.05, 3.63) is 45.3 Å². The van der Waals surface area contributed by atoms with E-state index in [1.54, 1.807) is 12.1 Å². The third kappa shape index (κ3) is 2.63. The van der Waals surface area contributed by atoms with E-state index in [0.29, 0.717) is 4.47 Å². The quantitative estimate of drug-likeness (QED) is 0.751. The van der Waals surface area contributed by atoms with Gasteiger partial charge in [0, 0.05) is 8.95 Å². The summed E-state index contributed by atoms with van der Waals surface area (Å²) >= 11 is 6.56. The molecule has 0 bridgehead atoms. The van der Waals surface area contributed by atoms with Crippen LogP contribution in [-0.4, -0.2) is 8.42 Å². The van der Waals surface area contributed by atoms with Crippen LogP contribution in [0, 0.1) is 0 Å². The molecule has 0 spiro atoms. The van der Waals surface area contributed by atoms with Crippen LogP contribution in [0.5, 0.6) is 0 Å². The normalized spacial score (nSPS) is 11.5. The molecule has 0 radical (unpaired) electrons. The topological polar surface area (TPSA) is 86.2 Å². The summed E-state index contributed by atoms with van der Waals surface area (Å²) in [6.45, 7) is 0. The molecule has 0 fully saturated rings. The maximum Gasteiger partial charge on any atom is 0.210 e. The number of hydrogen-bond acceptors (Lipinski definition) is 4. The second-order valence-electron chi connectivity index (χ2n) is 3.84.